The van der Waals surface area contributed by atoms with Crippen LogP contribution in [-0.2, 0) is 0 Å². The number of anilines is 3. The lowest BCUT2D eigenvalue weighted by atomic mass is 9.89. The zero-order valence-corrected chi connectivity index (χ0v) is 20.0. The van der Waals surface area contributed by atoms with Gasteiger partial charge in [-0.2, -0.15) is 0 Å². The molecule has 5 aromatic rings. The first-order chi connectivity index (χ1) is 16.8. The van der Waals surface area contributed by atoms with Crippen LogP contribution in [0.25, 0.3) is 39.1 Å². The van der Waals surface area contributed by atoms with Crippen molar-refractivity contribution in [3.8, 4) is 22.3 Å². The maximum Gasteiger partial charge on any atom is 0.145 e. The molecular formula is C31H21BrN2. The molecule has 1 aliphatic heterocycles. The number of pyridine rings is 1. The normalized spacial score (nSPS) is 12.2. The van der Waals surface area contributed by atoms with Crippen LogP contribution in [0.3, 0.4) is 0 Å². The number of halogens is 1. The van der Waals surface area contributed by atoms with Gasteiger partial charge >= 0.3 is 0 Å². The third-order valence-corrected chi connectivity index (χ3v) is 7.12. The summed E-state index contributed by atoms with van der Waals surface area (Å²) in [6, 6.07) is 32.2. The predicted molar refractivity (Wildman–Crippen MR) is 148 cm³/mol. The molecule has 4 aromatic carbocycles. The highest BCUT2D eigenvalue weighted by atomic mass is 79.9. The summed E-state index contributed by atoms with van der Waals surface area (Å²) in [5.41, 5.74) is 8.03. The minimum Gasteiger partial charge on any atom is -0.293 e. The Bertz CT molecular complexity index is 1580. The maximum absolute atomic E-state index is 4.87. The first-order valence-electron chi connectivity index (χ1n) is 11.2. The highest BCUT2D eigenvalue weighted by Crippen LogP contribution is 2.52. The molecule has 0 fully saturated rings. The van der Waals surface area contributed by atoms with Gasteiger partial charge < -0.3 is 0 Å². The molecule has 1 aromatic heterocycles. The van der Waals surface area contributed by atoms with E-state index in [4.69, 9.17) is 4.98 Å². The molecule has 3 heteroatoms. The average molecular weight is 501 g/mol. The Labute approximate surface area is 207 Å². The van der Waals surface area contributed by atoms with E-state index in [0.717, 1.165) is 32.8 Å². The van der Waals surface area contributed by atoms with Gasteiger partial charge in [0.15, 0.2) is 0 Å². The topological polar surface area (TPSA) is 16.1 Å². The van der Waals surface area contributed by atoms with Gasteiger partial charge in [-0.1, -0.05) is 79.4 Å². The summed E-state index contributed by atoms with van der Waals surface area (Å²) in [6.07, 6.45) is 7.67. The molecule has 0 N–H and O–H groups in total. The largest absolute Gasteiger partial charge is 0.293 e. The lowest BCUT2D eigenvalue weighted by Gasteiger charge is -2.33. The fourth-order valence-corrected chi connectivity index (χ4v) is 5.33. The number of fused-ring (bicyclic) bond motifs is 2. The van der Waals surface area contributed by atoms with Gasteiger partial charge in [0.2, 0.25) is 0 Å². The first-order valence-corrected chi connectivity index (χ1v) is 12.0. The molecule has 0 unspecified atom stereocenters. The molecule has 2 heterocycles. The van der Waals surface area contributed by atoms with Crippen LogP contribution in [0.4, 0.5) is 17.2 Å². The molecule has 0 saturated carbocycles. The van der Waals surface area contributed by atoms with Gasteiger partial charge in [0, 0.05) is 21.6 Å². The lowest BCUT2D eigenvalue weighted by molar-refractivity contribution is 1.17. The summed E-state index contributed by atoms with van der Waals surface area (Å²) in [4.78, 5) is 7.14. The predicted octanol–water partition coefficient (Wildman–Crippen LogP) is 9.31. The van der Waals surface area contributed by atoms with Crippen molar-refractivity contribution in [2.45, 2.75) is 0 Å². The highest BCUT2D eigenvalue weighted by Gasteiger charge is 2.28. The summed E-state index contributed by atoms with van der Waals surface area (Å²) in [6.45, 7) is 3.80. The van der Waals surface area contributed by atoms with Crippen LogP contribution in [0, 0.1) is 0 Å². The zero-order valence-electron chi connectivity index (χ0n) is 18.4. The second-order valence-electron chi connectivity index (χ2n) is 8.25. The summed E-state index contributed by atoms with van der Waals surface area (Å²) < 4.78 is 1.02. The number of nitrogens with zero attached hydrogens (tertiary/aromatic N) is 2. The minimum atomic E-state index is 0.929. The van der Waals surface area contributed by atoms with Gasteiger partial charge in [0.25, 0.3) is 0 Å². The standard InChI is InChI=1S/C31H21BrN2/c1-2-3-10-22-13-7-17-28(30(22)32)34-27-16-8-14-23-19-24(21-11-5-4-6-12-21)20-26(29(23)27)25-15-9-18-33-31(25)34/h2-20H,1H2/b10-3-. The van der Waals surface area contributed by atoms with Crippen molar-refractivity contribution >= 4 is 50.0 Å². The molecule has 0 aliphatic carbocycles. The van der Waals surface area contributed by atoms with Crippen LogP contribution >= 0.6 is 15.9 Å². The number of benzene rings is 4. The second kappa shape index (κ2) is 8.44. The third-order valence-electron chi connectivity index (χ3n) is 6.25. The smallest absolute Gasteiger partial charge is 0.145 e. The quantitative estimate of drug-likeness (QED) is 0.224. The van der Waals surface area contributed by atoms with Crippen molar-refractivity contribution in [3.05, 3.63) is 126 Å². The van der Waals surface area contributed by atoms with Crippen LogP contribution < -0.4 is 4.90 Å². The molecule has 2 nitrogen and oxygen atoms in total. The van der Waals surface area contributed by atoms with Crippen molar-refractivity contribution < 1.29 is 0 Å². The van der Waals surface area contributed by atoms with Gasteiger partial charge in [-0.3, -0.25) is 4.90 Å². The highest BCUT2D eigenvalue weighted by molar-refractivity contribution is 9.10. The summed E-state index contributed by atoms with van der Waals surface area (Å²) in [5.74, 6) is 0.929. The van der Waals surface area contributed by atoms with E-state index in [1.807, 2.05) is 18.3 Å². The fourth-order valence-electron chi connectivity index (χ4n) is 4.76. The van der Waals surface area contributed by atoms with Crippen molar-refractivity contribution in [1.29, 1.82) is 0 Å². The van der Waals surface area contributed by atoms with E-state index in [1.165, 1.54) is 27.5 Å². The van der Waals surface area contributed by atoms with Crippen molar-refractivity contribution in [2.24, 2.45) is 0 Å². The number of aromatic nitrogens is 1. The van der Waals surface area contributed by atoms with Gasteiger partial charge in [-0.25, -0.2) is 4.98 Å². The molecule has 0 atom stereocenters. The lowest BCUT2D eigenvalue weighted by Crippen LogP contribution is -2.17. The van der Waals surface area contributed by atoms with Crippen LogP contribution in [-0.4, -0.2) is 4.98 Å². The Hall–Kier alpha value is -3.95. The van der Waals surface area contributed by atoms with E-state index < -0.39 is 0 Å². The second-order valence-corrected chi connectivity index (χ2v) is 9.04. The summed E-state index contributed by atoms with van der Waals surface area (Å²) in [5, 5.41) is 2.45. The van der Waals surface area contributed by atoms with Crippen LogP contribution in [0.15, 0.2) is 120 Å². The SMILES string of the molecule is C=C/C=C\c1cccc(N2c3ncccc3-c3cc(-c4ccccc4)cc4cccc2c34)c1Br. The van der Waals surface area contributed by atoms with Crippen molar-refractivity contribution in [3.63, 3.8) is 0 Å². The van der Waals surface area contributed by atoms with Crippen LogP contribution in [0.5, 0.6) is 0 Å². The zero-order chi connectivity index (χ0) is 23.1. The molecule has 162 valence electrons. The van der Waals surface area contributed by atoms with Crippen molar-refractivity contribution in [2.75, 3.05) is 4.90 Å². The molecule has 0 spiro atoms. The number of allylic oxidation sites excluding steroid dienone is 2. The number of rotatable bonds is 4. The molecule has 0 saturated heterocycles. The van der Waals surface area contributed by atoms with Gasteiger partial charge in [0.1, 0.15) is 5.82 Å². The number of hydrogen-bond acceptors (Lipinski definition) is 2. The molecule has 0 amide bonds. The summed E-state index contributed by atoms with van der Waals surface area (Å²) >= 11 is 3.87. The number of hydrogen-bond donors (Lipinski definition) is 0. The van der Waals surface area contributed by atoms with E-state index in [0.29, 0.717) is 0 Å². The van der Waals surface area contributed by atoms with E-state index in [2.05, 4.69) is 118 Å². The Morgan fingerprint density at radius 1 is 0.765 bits per heavy atom. The van der Waals surface area contributed by atoms with E-state index in [-0.39, 0.29) is 0 Å². The monoisotopic (exact) mass is 500 g/mol. The Morgan fingerprint density at radius 3 is 2.44 bits per heavy atom. The fraction of sp³-hybridized carbons (Fsp3) is 0. The Morgan fingerprint density at radius 2 is 1.59 bits per heavy atom. The summed E-state index contributed by atoms with van der Waals surface area (Å²) in [7, 11) is 0. The molecule has 0 radical (unpaired) electrons. The Balaban J connectivity index is 1.66. The molecule has 6 rings (SSSR count). The average Bonchev–Trinajstić information content (AvgIpc) is 2.89. The maximum atomic E-state index is 4.87. The molecular weight excluding hydrogens is 480 g/mol. The van der Waals surface area contributed by atoms with Gasteiger partial charge in [-0.15, -0.1) is 0 Å². The third kappa shape index (κ3) is 3.28. The molecule has 1 aliphatic rings. The first kappa shape index (κ1) is 20.6. The van der Waals surface area contributed by atoms with Crippen LogP contribution in [0.1, 0.15) is 5.56 Å². The van der Waals surface area contributed by atoms with E-state index >= 15 is 0 Å². The van der Waals surface area contributed by atoms with Crippen molar-refractivity contribution in [1.82, 2.24) is 4.98 Å². The van der Waals surface area contributed by atoms with E-state index in [1.54, 1.807) is 6.08 Å². The minimum absolute atomic E-state index is 0.929. The molecule has 34 heavy (non-hydrogen) atoms. The Kier molecular flexibility index (Phi) is 5.12. The van der Waals surface area contributed by atoms with Gasteiger partial charge in [-0.05, 0) is 80.0 Å². The molecule has 0 bridgehead atoms. The van der Waals surface area contributed by atoms with Gasteiger partial charge in [0.05, 0.1) is 11.4 Å². The van der Waals surface area contributed by atoms with Crippen LogP contribution in [0.2, 0.25) is 0 Å². The van der Waals surface area contributed by atoms with E-state index in [9.17, 15) is 0 Å².